The summed E-state index contributed by atoms with van der Waals surface area (Å²) >= 11 is 5.81. The van der Waals surface area contributed by atoms with Gasteiger partial charge in [0.25, 0.3) is 0 Å². The van der Waals surface area contributed by atoms with Gasteiger partial charge in [-0.15, -0.1) is 0 Å². The lowest BCUT2D eigenvalue weighted by atomic mass is 10.3. The van der Waals surface area contributed by atoms with Crippen molar-refractivity contribution in [3.8, 4) is 0 Å². The lowest BCUT2D eigenvalue weighted by Crippen LogP contribution is -2.11. The smallest absolute Gasteiger partial charge is 0.239 e. The van der Waals surface area contributed by atoms with Crippen LogP contribution in [0.5, 0.6) is 0 Å². The van der Waals surface area contributed by atoms with Crippen molar-refractivity contribution in [3.05, 3.63) is 41.1 Å². The zero-order valence-corrected chi connectivity index (χ0v) is 9.67. The van der Waals surface area contributed by atoms with E-state index in [1.54, 1.807) is 0 Å². The fourth-order valence-electron chi connectivity index (χ4n) is 1.26. The van der Waals surface area contributed by atoms with Crippen LogP contribution in [0.15, 0.2) is 24.4 Å². The molecule has 94 valence electrons. The number of anilines is 3. The van der Waals surface area contributed by atoms with Gasteiger partial charge in [0.1, 0.15) is 22.3 Å². The Morgan fingerprint density at radius 2 is 1.89 bits per heavy atom. The highest BCUT2D eigenvalue weighted by atomic mass is 35.5. The highest BCUT2D eigenvalue weighted by Crippen LogP contribution is 2.26. The van der Waals surface area contributed by atoms with Crippen LogP contribution in [0.1, 0.15) is 0 Å². The zero-order valence-electron chi connectivity index (χ0n) is 8.92. The second-order valence-corrected chi connectivity index (χ2v) is 3.66. The molecule has 0 atom stereocenters. The normalized spacial score (nSPS) is 10.2. The molecule has 8 heteroatoms. The number of hydrogen-bond acceptors (Lipinski definition) is 5. The van der Waals surface area contributed by atoms with Crippen molar-refractivity contribution < 1.29 is 8.78 Å². The average molecular weight is 272 g/mol. The number of nitrogens with zero attached hydrogens (tertiary/aromatic N) is 2. The van der Waals surface area contributed by atoms with Crippen LogP contribution < -0.4 is 16.6 Å². The van der Waals surface area contributed by atoms with E-state index in [1.807, 2.05) is 0 Å². The number of nitrogen functional groups attached to an aromatic ring is 1. The summed E-state index contributed by atoms with van der Waals surface area (Å²) in [7, 11) is 0. The van der Waals surface area contributed by atoms with Gasteiger partial charge in [0.15, 0.2) is 5.82 Å². The predicted molar refractivity (Wildman–Crippen MR) is 64.5 cm³/mol. The maximum Gasteiger partial charge on any atom is 0.239 e. The van der Waals surface area contributed by atoms with Crippen molar-refractivity contribution in [2.75, 3.05) is 10.7 Å². The Bertz CT molecular complexity index is 558. The second-order valence-electron chi connectivity index (χ2n) is 3.26. The van der Waals surface area contributed by atoms with Crippen LogP contribution in [0, 0.1) is 11.6 Å². The summed E-state index contributed by atoms with van der Waals surface area (Å²) in [6.07, 6.45) is 1.25. The number of hydrazine groups is 1. The van der Waals surface area contributed by atoms with Gasteiger partial charge in [-0.3, -0.25) is 5.43 Å². The van der Waals surface area contributed by atoms with Crippen molar-refractivity contribution in [3.63, 3.8) is 0 Å². The first kappa shape index (κ1) is 12.5. The Hall–Kier alpha value is -1.99. The highest BCUT2D eigenvalue weighted by Gasteiger charge is 2.12. The molecule has 0 bridgehead atoms. The molecule has 0 radical (unpaired) electrons. The van der Waals surface area contributed by atoms with Gasteiger partial charge in [0.2, 0.25) is 5.95 Å². The minimum Gasteiger partial charge on any atom is -0.334 e. The van der Waals surface area contributed by atoms with Gasteiger partial charge in [-0.25, -0.2) is 19.6 Å². The van der Waals surface area contributed by atoms with Crippen LogP contribution in [0.2, 0.25) is 5.02 Å². The van der Waals surface area contributed by atoms with E-state index in [-0.39, 0.29) is 22.5 Å². The molecule has 0 saturated heterocycles. The summed E-state index contributed by atoms with van der Waals surface area (Å²) in [6.45, 7) is 0. The number of benzene rings is 1. The lowest BCUT2D eigenvalue weighted by Gasteiger charge is -2.10. The molecule has 0 amide bonds. The van der Waals surface area contributed by atoms with Gasteiger partial charge in [0, 0.05) is 0 Å². The third-order valence-corrected chi connectivity index (χ3v) is 2.36. The van der Waals surface area contributed by atoms with Gasteiger partial charge in [-0.1, -0.05) is 17.7 Å². The number of halogens is 3. The number of hydrogen-bond donors (Lipinski definition) is 3. The molecule has 0 spiro atoms. The van der Waals surface area contributed by atoms with E-state index in [2.05, 4.69) is 20.7 Å². The molecule has 0 unspecified atom stereocenters. The number of nitrogens with two attached hydrogens (primary N) is 1. The number of aromatic nitrogens is 2. The molecule has 5 nitrogen and oxygen atoms in total. The molecule has 2 rings (SSSR count). The van der Waals surface area contributed by atoms with Crippen LogP contribution in [-0.2, 0) is 0 Å². The molecule has 1 heterocycles. The lowest BCUT2D eigenvalue weighted by molar-refractivity contribution is 0.590. The quantitative estimate of drug-likeness (QED) is 0.590. The number of nitrogens with one attached hydrogen (secondary N) is 2. The predicted octanol–water partition coefficient (Wildman–Crippen LogP) is 2.44. The first-order valence-electron chi connectivity index (χ1n) is 4.82. The maximum atomic E-state index is 13.4. The summed E-state index contributed by atoms with van der Waals surface area (Å²) in [5.41, 5.74) is 1.85. The zero-order chi connectivity index (χ0) is 13.1. The summed E-state index contributed by atoms with van der Waals surface area (Å²) < 4.78 is 26.8. The van der Waals surface area contributed by atoms with Gasteiger partial charge >= 0.3 is 0 Å². The third kappa shape index (κ3) is 2.47. The fourth-order valence-corrected chi connectivity index (χ4v) is 1.40. The van der Waals surface area contributed by atoms with Gasteiger partial charge < -0.3 is 5.32 Å². The molecule has 2 aromatic rings. The Kier molecular flexibility index (Phi) is 3.54. The van der Waals surface area contributed by atoms with Gasteiger partial charge in [-0.2, -0.15) is 4.98 Å². The monoisotopic (exact) mass is 271 g/mol. The SMILES string of the molecule is NNc1ncc(Cl)c(Nc2c(F)cccc2F)n1. The topological polar surface area (TPSA) is 75.9 Å². The van der Waals surface area contributed by atoms with E-state index in [0.717, 1.165) is 12.1 Å². The second kappa shape index (κ2) is 5.11. The summed E-state index contributed by atoms with van der Waals surface area (Å²) in [5, 5.41) is 2.56. The summed E-state index contributed by atoms with van der Waals surface area (Å²) in [4.78, 5) is 7.58. The summed E-state index contributed by atoms with van der Waals surface area (Å²) in [6, 6.07) is 3.48. The first-order valence-corrected chi connectivity index (χ1v) is 5.20. The minimum atomic E-state index is -0.757. The van der Waals surface area contributed by atoms with E-state index in [9.17, 15) is 8.78 Å². The average Bonchev–Trinajstić information content (AvgIpc) is 2.36. The van der Waals surface area contributed by atoms with Crippen molar-refractivity contribution in [1.29, 1.82) is 0 Å². The largest absolute Gasteiger partial charge is 0.334 e. The Morgan fingerprint density at radius 1 is 1.22 bits per heavy atom. The molecule has 0 aliphatic heterocycles. The van der Waals surface area contributed by atoms with Crippen LogP contribution in [0.4, 0.5) is 26.2 Å². The Labute approximate surface area is 106 Å². The molecule has 0 aliphatic rings. The Balaban J connectivity index is 2.39. The van der Waals surface area contributed by atoms with E-state index in [0.29, 0.717) is 0 Å². The maximum absolute atomic E-state index is 13.4. The minimum absolute atomic E-state index is 0.0450. The molecule has 1 aromatic carbocycles. The molecule has 4 N–H and O–H groups in total. The Morgan fingerprint density at radius 3 is 2.50 bits per heavy atom. The van der Waals surface area contributed by atoms with Crippen molar-refractivity contribution in [1.82, 2.24) is 9.97 Å². The molecule has 1 aromatic heterocycles. The van der Waals surface area contributed by atoms with Crippen molar-refractivity contribution >= 4 is 29.1 Å². The van der Waals surface area contributed by atoms with Crippen molar-refractivity contribution in [2.24, 2.45) is 5.84 Å². The third-order valence-electron chi connectivity index (χ3n) is 2.08. The first-order chi connectivity index (χ1) is 8.61. The van der Waals surface area contributed by atoms with Crippen LogP contribution in [-0.4, -0.2) is 9.97 Å². The van der Waals surface area contributed by atoms with Crippen LogP contribution in [0.3, 0.4) is 0 Å². The molecule has 0 saturated carbocycles. The van der Waals surface area contributed by atoms with Crippen LogP contribution in [0.25, 0.3) is 0 Å². The highest BCUT2D eigenvalue weighted by molar-refractivity contribution is 6.32. The molecular weight excluding hydrogens is 264 g/mol. The van der Waals surface area contributed by atoms with Gasteiger partial charge in [0.05, 0.1) is 6.20 Å². The van der Waals surface area contributed by atoms with E-state index in [4.69, 9.17) is 17.4 Å². The number of para-hydroxylation sites is 1. The fraction of sp³-hybridized carbons (Fsp3) is 0. The van der Waals surface area contributed by atoms with Crippen LogP contribution >= 0.6 is 11.6 Å². The molecule has 0 fully saturated rings. The molecule has 0 aliphatic carbocycles. The standard InChI is InChI=1S/C10H8ClF2N5/c11-5-4-15-10(18-14)17-9(5)16-8-6(12)2-1-3-7(8)13/h1-4H,14H2,(H2,15,16,17,18). The number of rotatable bonds is 3. The van der Waals surface area contributed by atoms with Gasteiger partial charge in [-0.05, 0) is 12.1 Å². The van der Waals surface area contributed by atoms with E-state index in [1.165, 1.54) is 12.3 Å². The molecule has 18 heavy (non-hydrogen) atoms. The van der Waals surface area contributed by atoms with Crippen molar-refractivity contribution in [2.45, 2.75) is 0 Å². The van der Waals surface area contributed by atoms with E-state index < -0.39 is 11.6 Å². The molecular formula is C10H8ClF2N5. The summed E-state index contributed by atoms with van der Waals surface area (Å²) in [5.74, 6) is 3.73. The van der Waals surface area contributed by atoms with E-state index >= 15 is 0 Å².